The Labute approximate surface area is 128 Å². The molecule has 1 aromatic carbocycles. The van der Waals surface area contributed by atoms with Gasteiger partial charge < -0.3 is 10.1 Å². The number of carbonyl (C=O) groups excluding carboxylic acids is 1. The van der Waals surface area contributed by atoms with Crippen molar-refractivity contribution >= 4 is 33.2 Å². The lowest BCUT2D eigenvalue weighted by Crippen LogP contribution is -2.12. The van der Waals surface area contributed by atoms with Crippen molar-refractivity contribution in [2.45, 2.75) is 37.4 Å². The highest BCUT2D eigenvalue weighted by molar-refractivity contribution is 8.77. The zero-order valence-electron chi connectivity index (χ0n) is 11.8. The minimum atomic E-state index is 0.0722. The number of hydrogen-bond donors (Lipinski definition) is 1. The molecule has 1 atom stereocenters. The van der Waals surface area contributed by atoms with E-state index >= 15 is 0 Å². The van der Waals surface area contributed by atoms with Gasteiger partial charge in [0.05, 0.1) is 12.8 Å². The van der Waals surface area contributed by atoms with Crippen LogP contribution in [-0.2, 0) is 4.79 Å². The molecule has 1 aliphatic heterocycles. The zero-order chi connectivity index (χ0) is 14.2. The molecule has 1 N–H and O–H groups in total. The standard InChI is InChI=1S/C15H21NO2S2/c1-18-14-8-4-3-7-13(14)16-15(17)9-5-2-6-12-10-11-19-20-12/h3-4,7-8,12H,2,5-6,9-11H2,1H3,(H,16,17). The summed E-state index contributed by atoms with van der Waals surface area (Å²) in [7, 11) is 5.60. The molecule has 1 unspecified atom stereocenters. The van der Waals surface area contributed by atoms with Crippen molar-refractivity contribution in [3.63, 3.8) is 0 Å². The molecule has 1 fully saturated rings. The van der Waals surface area contributed by atoms with E-state index in [0.29, 0.717) is 12.2 Å². The summed E-state index contributed by atoms with van der Waals surface area (Å²) in [6, 6.07) is 7.51. The molecular weight excluding hydrogens is 290 g/mol. The molecule has 0 radical (unpaired) electrons. The van der Waals surface area contributed by atoms with Crippen molar-refractivity contribution in [2.75, 3.05) is 18.2 Å². The number of amides is 1. The van der Waals surface area contributed by atoms with Crippen LogP contribution in [-0.4, -0.2) is 24.0 Å². The molecule has 0 bridgehead atoms. The Kier molecular flexibility index (Phi) is 6.60. The number of rotatable bonds is 7. The quantitative estimate of drug-likeness (QED) is 0.600. The second-order valence-corrected chi connectivity index (χ2v) is 7.61. The van der Waals surface area contributed by atoms with Gasteiger partial charge in [0.15, 0.2) is 0 Å². The lowest BCUT2D eigenvalue weighted by atomic mass is 10.1. The van der Waals surface area contributed by atoms with Crippen molar-refractivity contribution in [1.82, 2.24) is 0 Å². The third-order valence-electron chi connectivity index (χ3n) is 3.29. The lowest BCUT2D eigenvalue weighted by Gasteiger charge is -2.10. The maximum Gasteiger partial charge on any atom is 0.224 e. The third kappa shape index (κ3) is 4.94. The number of nitrogens with one attached hydrogen (secondary N) is 1. The summed E-state index contributed by atoms with van der Waals surface area (Å²) in [5, 5.41) is 3.72. The highest BCUT2D eigenvalue weighted by Gasteiger charge is 2.15. The third-order valence-corrected chi connectivity index (χ3v) is 6.30. The van der Waals surface area contributed by atoms with Crippen LogP contribution in [0.4, 0.5) is 5.69 Å². The summed E-state index contributed by atoms with van der Waals surface area (Å²) in [5.74, 6) is 2.06. The molecule has 0 aliphatic carbocycles. The van der Waals surface area contributed by atoms with Crippen LogP contribution in [0.5, 0.6) is 5.75 Å². The molecule has 2 rings (SSSR count). The summed E-state index contributed by atoms with van der Waals surface area (Å²) in [6.07, 6.45) is 5.24. The van der Waals surface area contributed by atoms with Crippen LogP contribution in [0.1, 0.15) is 32.1 Å². The van der Waals surface area contributed by atoms with E-state index in [1.165, 1.54) is 18.6 Å². The minimum absolute atomic E-state index is 0.0722. The van der Waals surface area contributed by atoms with E-state index < -0.39 is 0 Å². The lowest BCUT2D eigenvalue weighted by molar-refractivity contribution is -0.116. The predicted molar refractivity (Wildman–Crippen MR) is 88.5 cm³/mol. The van der Waals surface area contributed by atoms with Gasteiger partial charge in [-0.15, -0.1) is 0 Å². The van der Waals surface area contributed by atoms with Crippen LogP contribution in [0.25, 0.3) is 0 Å². The van der Waals surface area contributed by atoms with Crippen molar-refractivity contribution in [1.29, 1.82) is 0 Å². The minimum Gasteiger partial charge on any atom is -0.495 e. The molecule has 0 spiro atoms. The number of ether oxygens (including phenoxy) is 1. The van der Waals surface area contributed by atoms with Crippen molar-refractivity contribution in [3.05, 3.63) is 24.3 Å². The first-order chi connectivity index (χ1) is 9.79. The summed E-state index contributed by atoms with van der Waals surface area (Å²) < 4.78 is 5.22. The fraction of sp³-hybridized carbons (Fsp3) is 0.533. The van der Waals surface area contributed by atoms with Crippen LogP contribution in [0.3, 0.4) is 0 Å². The zero-order valence-corrected chi connectivity index (χ0v) is 13.4. The summed E-state index contributed by atoms with van der Waals surface area (Å²) in [4.78, 5) is 11.9. The van der Waals surface area contributed by atoms with Crippen LogP contribution in [0.2, 0.25) is 0 Å². The monoisotopic (exact) mass is 311 g/mol. The first kappa shape index (κ1) is 15.6. The van der Waals surface area contributed by atoms with Gasteiger partial charge in [0.2, 0.25) is 5.91 Å². The van der Waals surface area contributed by atoms with E-state index in [-0.39, 0.29) is 5.91 Å². The number of hydrogen-bond acceptors (Lipinski definition) is 4. The Bertz CT molecular complexity index is 434. The van der Waals surface area contributed by atoms with Crippen LogP contribution >= 0.6 is 21.6 Å². The van der Waals surface area contributed by atoms with Gasteiger partial charge in [0, 0.05) is 17.4 Å². The normalized spacial score (nSPS) is 17.9. The fourth-order valence-electron chi connectivity index (χ4n) is 2.18. The molecule has 5 heteroatoms. The number of unbranched alkanes of at least 4 members (excludes halogenated alkanes) is 1. The Morgan fingerprint density at radius 2 is 2.25 bits per heavy atom. The van der Waals surface area contributed by atoms with Gasteiger partial charge in [-0.25, -0.2) is 0 Å². The average Bonchev–Trinajstić information content (AvgIpc) is 2.97. The highest BCUT2D eigenvalue weighted by atomic mass is 33.1. The summed E-state index contributed by atoms with van der Waals surface area (Å²) >= 11 is 0. The van der Waals surface area contributed by atoms with Gasteiger partial charge in [-0.05, 0) is 31.4 Å². The number of methoxy groups -OCH3 is 1. The van der Waals surface area contributed by atoms with E-state index in [2.05, 4.69) is 5.32 Å². The largest absolute Gasteiger partial charge is 0.495 e. The van der Waals surface area contributed by atoms with E-state index in [1.807, 2.05) is 45.9 Å². The van der Waals surface area contributed by atoms with Gasteiger partial charge in [-0.1, -0.05) is 40.1 Å². The average molecular weight is 311 g/mol. The second kappa shape index (κ2) is 8.47. The summed E-state index contributed by atoms with van der Waals surface area (Å²) in [5.41, 5.74) is 0.753. The molecule has 1 amide bonds. The maximum atomic E-state index is 11.9. The molecule has 110 valence electrons. The Morgan fingerprint density at radius 3 is 3.00 bits per heavy atom. The predicted octanol–water partition coefficient (Wildman–Crippen LogP) is 4.35. The molecule has 0 saturated carbocycles. The van der Waals surface area contributed by atoms with Crippen molar-refractivity contribution < 1.29 is 9.53 Å². The van der Waals surface area contributed by atoms with E-state index in [0.717, 1.165) is 23.8 Å². The van der Waals surface area contributed by atoms with Gasteiger partial charge in [-0.2, -0.15) is 0 Å². The van der Waals surface area contributed by atoms with E-state index in [4.69, 9.17) is 4.74 Å². The van der Waals surface area contributed by atoms with E-state index in [9.17, 15) is 4.79 Å². The molecule has 1 heterocycles. The molecule has 1 aromatic rings. The second-order valence-electron chi connectivity index (χ2n) is 4.82. The number of anilines is 1. The van der Waals surface area contributed by atoms with E-state index in [1.54, 1.807) is 7.11 Å². The number of para-hydroxylation sites is 2. The molecule has 1 saturated heterocycles. The van der Waals surface area contributed by atoms with Gasteiger partial charge in [0.25, 0.3) is 0 Å². The van der Waals surface area contributed by atoms with Crippen molar-refractivity contribution in [3.8, 4) is 5.75 Å². The van der Waals surface area contributed by atoms with Gasteiger partial charge >= 0.3 is 0 Å². The Hall–Kier alpha value is -0.810. The van der Waals surface area contributed by atoms with Crippen LogP contribution in [0.15, 0.2) is 24.3 Å². The number of benzene rings is 1. The summed E-state index contributed by atoms with van der Waals surface area (Å²) in [6.45, 7) is 0. The molecule has 0 aromatic heterocycles. The van der Waals surface area contributed by atoms with Gasteiger partial charge in [0.1, 0.15) is 5.75 Å². The maximum absolute atomic E-state index is 11.9. The Morgan fingerprint density at radius 1 is 1.40 bits per heavy atom. The first-order valence-electron chi connectivity index (χ1n) is 7.00. The highest BCUT2D eigenvalue weighted by Crippen LogP contribution is 2.39. The first-order valence-corrected chi connectivity index (χ1v) is 9.39. The molecule has 1 aliphatic rings. The topological polar surface area (TPSA) is 38.3 Å². The molecule has 3 nitrogen and oxygen atoms in total. The Balaban J connectivity index is 1.67. The van der Waals surface area contributed by atoms with Crippen LogP contribution < -0.4 is 10.1 Å². The smallest absolute Gasteiger partial charge is 0.224 e. The number of carbonyl (C=O) groups is 1. The van der Waals surface area contributed by atoms with Crippen LogP contribution in [0, 0.1) is 0 Å². The molecule has 20 heavy (non-hydrogen) atoms. The fourth-order valence-corrected chi connectivity index (χ4v) is 5.21. The van der Waals surface area contributed by atoms with Crippen molar-refractivity contribution in [2.24, 2.45) is 0 Å². The SMILES string of the molecule is COc1ccccc1NC(=O)CCCCC1CCSS1. The molecular formula is C15H21NO2S2. The van der Waals surface area contributed by atoms with Gasteiger partial charge in [-0.3, -0.25) is 4.79 Å².